The Bertz CT molecular complexity index is 1210. The van der Waals surface area contributed by atoms with E-state index in [4.69, 9.17) is 9.47 Å². The van der Waals surface area contributed by atoms with E-state index in [2.05, 4.69) is 15.3 Å². The third kappa shape index (κ3) is 4.47. The molecule has 0 spiro atoms. The molecule has 0 saturated heterocycles. The summed E-state index contributed by atoms with van der Waals surface area (Å²) in [5, 5.41) is 3.00. The summed E-state index contributed by atoms with van der Waals surface area (Å²) in [5.41, 5.74) is 1.29. The van der Waals surface area contributed by atoms with Crippen LogP contribution < -0.4 is 20.3 Å². The average Bonchev–Trinajstić information content (AvgIpc) is 2.78. The average molecular weight is 456 g/mol. The molecule has 7 nitrogen and oxygen atoms in total. The minimum absolute atomic E-state index is 0.108. The van der Waals surface area contributed by atoms with Crippen molar-refractivity contribution in [3.63, 3.8) is 0 Å². The van der Waals surface area contributed by atoms with Gasteiger partial charge in [0.05, 0.1) is 19.3 Å². The van der Waals surface area contributed by atoms with Crippen LogP contribution in [0.3, 0.4) is 0 Å². The van der Waals surface area contributed by atoms with Crippen molar-refractivity contribution in [2.24, 2.45) is 0 Å². The maximum Gasteiger partial charge on any atom is 0.257 e. The molecule has 0 fully saturated rings. The van der Waals surface area contributed by atoms with Crippen LogP contribution in [0.2, 0.25) is 0 Å². The minimum Gasteiger partial charge on any atom is -0.493 e. The lowest BCUT2D eigenvalue weighted by molar-refractivity contribution is -0.116. The molecule has 0 unspecified atom stereocenters. The van der Waals surface area contributed by atoms with Crippen LogP contribution in [-0.2, 0) is 10.5 Å². The number of amides is 1. The molecule has 0 aliphatic carbocycles. The van der Waals surface area contributed by atoms with Gasteiger partial charge in [-0.2, -0.15) is 0 Å². The normalized spacial score (nSPS) is 15.1. The van der Waals surface area contributed by atoms with Crippen LogP contribution in [0.15, 0.2) is 52.4 Å². The van der Waals surface area contributed by atoms with Crippen molar-refractivity contribution < 1.29 is 18.7 Å². The number of fused-ring (bicyclic) bond motifs is 1. The number of anilines is 1. The largest absolute Gasteiger partial charge is 0.493 e. The van der Waals surface area contributed by atoms with Crippen molar-refractivity contribution in [2.45, 2.75) is 30.2 Å². The summed E-state index contributed by atoms with van der Waals surface area (Å²) in [5.74, 6) is 0.590. The van der Waals surface area contributed by atoms with Gasteiger partial charge in [0.25, 0.3) is 5.56 Å². The second kappa shape index (κ2) is 9.44. The fourth-order valence-corrected chi connectivity index (χ4v) is 4.49. The second-order valence-electron chi connectivity index (χ2n) is 7.16. The first kappa shape index (κ1) is 21.9. The summed E-state index contributed by atoms with van der Waals surface area (Å²) in [6.45, 7) is 2.36. The quantitative estimate of drug-likeness (QED) is 0.412. The van der Waals surface area contributed by atoms with Gasteiger partial charge in [0.2, 0.25) is 5.91 Å². The van der Waals surface area contributed by atoms with Crippen LogP contribution in [0.4, 0.5) is 10.2 Å². The lowest BCUT2D eigenvalue weighted by Crippen LogP contribution is -2.31. The molecular formula is C23H22FN3O4S. The highest BCUT2D eigenvalue weighted by Gasteiger charge is 2.31. The topological polar surface area (TPSA) is 93.3 Å². The van der Waals surface area contributed by atoms with Crippen molar-refractivity contribution in [2.75, 3.05) is 19.0 Å². The third-order valence-corrected chi connectivity index (χ3v) is 6.06. The van der Waals surface area contributed by atoms with Gasteiger partial charge >= 0.3 is 0 Å². The molecule has 0 radical (unpaired) electrons. The molecule has 9 heteroatoms. The molecule has 1 aromatic heterocycles. The van der Waals surface area contributed by atoms with Gasteiger partial charge in [-0.15, -0.1) is 0 Å². The highest BCUT2D eigenvalue weighted by atomic mass is 32.2. The van der Waals surface area contributed by atoms with Crippen LogP contribution in [-0.4, -0.2) is 29.6 Å². The molecule has 0 saturated carbocycles. The van der Waals surface area contributed by atoms with Gasteiger partial charge in [0.15, 0.2) is 16.7 Å². The molecular weight excluding hydrogens is 433 g/mol. The first-order valence-corrected chi connectivity index (χ1v) is 11.1. The standard InChI is InChI=1S/C23H22FN3O4S/c1-3-31-17-9-8-13(10-18(17)30-2)15-11-19(28)25-21-20(15)22(29)27-23(26-21)32-12-14-6-4-5-7-16(14)24/h4-10,15H,3,11-12H2,1-2H3,(H2,25,26,27,28,29)/t15-/m1/s1. The second-order valence-corrected chi connectivity index (χ2v) is 8.13. The monoisotopic (exact) mass is 455 g/mol. The van der Waals surface area contributed by atoms with E-state index in [-0.39, 0.29) is 29.5 Å². The molecule has 1 aliphatic heterocycles. The summed E-state index contributed by atoms with van der Waals surface area (Å²) in [7, 11) is 1.54. The number of rotatable bonds is 7. The number of nitrogens with one attached hydrogen (secondary N) is 2. The summed E-state index contributed by atoms with van der Waals surface area (Å²) in [6, 6.07) is 11.8. The third-order valence-electron chi connectivity index (χ3n) is 5.14. The number of thioether (sulfide) groups is 1. The highest BCUT2D eigenvalue weighted by molar-refractivity contribution is 7.98. The summed E-state index contributed by atoms with van der Waals surface area (Å²) >= 11 is 1.19. The van der Waals surface area contributed by atoms with Crippen LogP contribution in [0.5, 0.6) is 11.5 Å². The van der Waals surface area contributed by atoms with Gasteiger partial charge in [-0.1, -0.05) is 36.0 Å². The van der Waals surface area contributed by atoms with E-state index in [1.165, 1.54) is 24.9 Å². The van der Waals surface area contributed by atoms with Gasteiger partial charge in [-0.3, -0.25) is 9.59 Å². The number of aromatic amines is 1. The number of benzene rings is 2. The Balaban J connectivity index is 1.66. The van der Waals surface area contributed by atoms with Crippen LogP contribution in [0.1, 0.15) is 36.0 Å². The van der Waals surface area contributed by atoms with Gasteiger partial charge < -0.3 is 19.8 Å². The lowest BCUT2D eigenvalue weighted by atomic mass is 9.86. The van der Waals surface area contributed by atoms with Crippen molar-refractivity contribution in [3.05, 3.63) is 75.3 Å². The van der Waals surface area contributed by atoms with E-state index in [1.807, 2.05) is 13.0 Å². The Morgan fingerprint density at radius 3 is 2.75 bits per heavy atom. The molecule has 32 heavy (non-hydrogen) atoms. The summed E-state index contributed by atoms with van der Waals surface area (Å²) < 4.78 is 24.9. The van der Waals surface area contributed by atoms with Gasteiger partial charge in [-0.05, 0) is 36.2 Å². The number of H-pyrrole nitrogens is 1. The van der Waals surface area contributed by atoms with E-state index in [1.54, 1.807) is 30.3 Å². The minimum atomic E-state index is -0.481. The predicted octanol–water partition coefficient (Wildman–Crippen LogP) is 4.08. The molecule has 1 amide bonds. The zero-order valence-corrected chi connectivity index (χ0v) is 18.4. The first-order chi connectivity index (χ1) is 15.5. The first-order valence-electron chi connectivity index (χ1n) is 10.1. The lowest BCUT2D eigenvalue weighted by Gasteiger charge is -2.25. The fourth-order valence-electron chi connectivity index (χ4n) is 3.64. The van der Waals surface area contributed by atoms with E-state index in [0.717, 1.165) is 5.56 Å². The van der Waals surface area contributed by atoms with Crippen molar-refractivity contribution in [3.8, 4) is 11.5 Å². The van der Waals surface area contributed by atoms with Crippen LogP contribution in [0.25, 0.3) is 0 Å². The van der Waals surface area contributed by atoms with Crippen molar-refractivity contribution in [1.29, 1.82) is 0 Å². The molecule has 1 atom stereocenters. The number of nitrogens with zero attached hydrogens (tertiary/aromatic N) is 1. The van der Waals surface area contributed by atoms with Crippen LogP contribution in [0, 0.1) is 5.82 Å². The van der Waals surface area contributed by atoms with Gasteiger partial charge in [-0.25, -0.2) is 9.37 Å². The number of ether oxygens (including phenoxy) is 2. The van der Waals surface area contributed by atoms with E-state index in [0.29, 0.717) is 40.1 Å². The van der Waals surface area contributed by atoms with E-state index < -0.39 is 5.92 Å². The predicted molar refractivity (Wildman–Crippen MR) is 120 cm³/mol. The molecule has 3 aromatic rings. The molecule has 166 valence electrons. The number of hydrogen-bond donors (Lipinski definition) is 2. The number of aromatic nitrogens is 2. The maximum atomic E-state index is 13.9. The zero-order chi connectivity index (χ0) is 22.7. The SMILES string of the molecule is CCOc1ccc([C@H]2CC(=O)Nc3nc(SCc4ccccc4F)[nH]c(=O)c32)cc1OC. The Morgan fingerprint density at radius 2 is 2.00 bits per heavy atom. The zero-order valence-electron chi connectivity index (χ0n) is 17.6. The Kier molecular flexibility index (Phi) is 6.45. The smallest absolute Gasteiger partial charge is 0.257 e. The van der Waals surface area contributed by atoms with E-state index >= 15 is 0 Å². The van der Waals surface area contributed by atoms with Gasteiger partial charge in [0.1, 0.15) is 11.6 Å². The van der Waals surface area contributed by atoms with Gasteiger partial charge in [0, 0.05) is 18.1 Å². The summed E-state index contributed by atoms with van der Waals surface area (Å²) in [4.78, 5) is 32.6. The number of methoxy groups -OCH3 is 1. The highest BCUT2D eigenvalue weighted by Crippen LogP contribution is 2.38. The van der Waals surface area contributed by atoms with Crippen molar-refractivity contribution in [1.82, 2.24) is 9.97 Å². The number of halogens is 1. The Labute approximate surface area is 188 Å². The number of carbonyl (C=O) groups is 1. The summed E-state index contributed by atoms with van der Waals surface area (Å²) in [6.07, 6.45) is 0.108. The molecule has 1 aliphatic rings. The van der Waals surface area contributed by atoms with Crippen LogP contribution >= 0.6 is 11.8 Å². The number of carbonyl (C=O) groups excluding carboxylic acids is 1. The van der Waals surface area contributed by atoms with Crippen molar-refractivity contribution >= 4 is 23.5 Å². The Hall–Kier alpha value is -3.33. The molecule has 2 aromatic carbocycles. The molecule has 2 heterocycles. The Morgan fingerprint density at radius 1 is 1.19 bits per heavy atom. The fraction of sp³-hybridized carbons (Fsp3) is 0.261. The van der Waals surface area contributed by atoms with E-state index in [9.17, 15) is 14.0 Å². The number of hydrogen-bond acceptors (Lipinski definition) is 6. The molecule has 2 N–H and O–H groups in total. The molecule has 4 rings (SSSR count). The maximum absolute atomic E-state index is 13.9. The molecule has 0 bridgehead atoms.